The summed E-state index contributed by atoms with van der Waals surface area (Å²) in [7, 11) is 0. The van der Waals surface area contributed by atoms with Crippen LogP contribution in [0.25, 0.3) is 0 Å². The van der Waals surface area contributed by atoms with Gasteiger partial charge in [0.05, 0.1) is 0 Å². The smallest absolute Gasteiger partial charge is 0.220 e. The number of carbonyl (C=O) groups is 1. The van der Waals surface area contributed by atoms with E-state index >= 15 is 0 Å². The Morgan fingerprint density at radius 2 is 2.25 bits per heavy atom. The molecule has 3 nitrogen and oxygen atoms in total. The number of hydrogen-bond donors (Lipinski definition) is 2. The van der Waals surface area contributed by atoms with Crippen molar-refractivity contribution in [2.24, 2.45) is 0 Å². The molecule has 4 heteroatoms. The van der Waals surface area contributed by atoms with Crippen LogP contribution in [0.15, 0.2) is 24.3 Å². The first-order valence-corrected chi connectivity index (χ1v) is 7.33. The van der Waals surface area contributed by atoms with Crippen molar-refractivity contribution in [2.45, 2.75) is 51.1 Å². The predicted molar refractivity (Wildman–Crippen MR) is 78.1 cm³/mol. The molecule has 2 rings (SSSR count). The molecule has 1 amide bonds. The zero-order valence-corrected chi connectivity index (χ0v) is 12.2. The molecule has 0 saturated carbocycles. The first-order chi connectivity index (χ1) is 9.56. The van der Waals surface area contributed by atoms with Gasteiger partial charge >= 0.3 is 0 Å². The zero-order chi connectivity index (χ0) is 14.5. The van der Waals surface area contributed by atoms with Crippen LogP contribution >= 0.6 is 0 Å². The molecule has 0 aromatic heterocycles. The molecule has 1 aliphatic heterocycles. The quantitative estimate of drug-likeness (QED) is 0.889. The van der Waals surface area contributed by atoms with E-state index in [2.05, 4.69) is 17.6 Å². The number of nitrogens with one attached hydrogen (secondary N) is 2. The molecule has 0 spiro atoms. The molecule has 3 unspecified atom stereocenters. The third-order valence-corrected chi connectivity index (χ3v) is 3.92. The van der Waals surface area contributed by atoms with Gasteiger partial charge in [-0.05, 0) is 43.9 Å². The van der Waals surface area contributed by atoms with Gasteiger partial charge in [-0.3, -0.25) is 4.79 Å². The maximum atomic E-state index is 13.7. The Kier molecular flexibility index (Phi) is 5.12. The Hall–Kier alpha value is -1.42. The van der Waals surface area contributed by atoms with Crippen LogP contribution < -0.4 is 10.6 Å². The van der Waals surface area contributed by atoms with Gasteiger partial charge in [-0.15, -0.1) is 0 Å². The van der Waals surface area contributed by atoms with Crippen molar-refractivity contribution in [3.05, 3.63) is 35.6 Å². The Morgan fingerprint density at radius 1 is 1.50 bits per heavy atom. The number of benzene rings is 1. The standard InChI is InChI=1S/C16H23FN2O/c1-11(14-5-3-4-6-15(14)17)9-16(20)19-13-7-8-18-12(2)10-13/h3-6,11-13,18H,7-10H2,1-2H3,(H,19,20). The van der Waals surface area contributed by atoms with Crippen LogP contribution in [0.2, 0.25) is 0 Å². The molecule has 0 bridgehead atoms. The van der Waals surface area contributed by atoms with Gasteiger partial charge in [0.1, 0.15) is 5.82 Å². The van der Waals surface area contributed by atoms with E-state index in [0.29, 0.717) is 18.0 Å². The second kappa shape index (κ2) is 6.84. The number of amides is 1. The van der Waals surface area contributed by atoms with Crippen LogP contribution in [0.5, 0.6) is 0 Å². The number of rotatable bonds is 4. The number of hydrogen-bond acceptors (Lipinski definition) is 2. The third kappa shape index (κ3) is 4.04. The molecule has 3 atom stereocenters. The van der Waals surface area contributed by atoms with Crippen molar-refractivity contribution in [1.82, 2.24) is 10.6 Å². The average molecular weight is 278 g/mol. The molecule has 1 saturated heterocycles. The molecule has 1 fully saturated rings. The minimum Gasteiger partial charge on any atom is -0.353 e. The van der Waals surface area contributed by atoms with E-state index in [4.69, 9.17) is 0 Å². The van der Waals surface area contributed by atoms with Crippen molar-refractivity contribution in [3.8, 4) is 0 Å². The lowest BCUT2D eigenvalue weighted by atomic mass is 9.96. The summed E-state index contributed by atoms with van der Waals surface area (Å²) in [5.41, 5.74) is 0.612. The van der Waals surface area contributed by atoms with E-state index in [-0.39, 0.29) is 23.7 Å². The fourth-order valence-corrected chi connectivity index (χ4v) is 2.81. The lowest BCUT2D eigenvalue weighted by molar-refractivity contribution is -0.122. The maximum Gasteiger partial charge on any atom is 0.220 e. The molecular formula is C16H23FN2O. The molecule has 1 aliphatic rings. The topological polar surface area (TPSA) is 41.1 Å². The minimum atomic E-state index is -0.233. The SMILES string of the molecule is CC1CC(NC(=O)CC(C)c2ccccc2F)CCN1. The van der Waals surface area contributed by atoms with Crippen molar-refractivity contribution >= 4 is 5.91 Å². The molecule has 1 aromatic carbocycles. The van der Waals surface area contributed by atoms with Crippen LogP contribution in [-0.2, 0) is 4.79 Å². The van der Waals surface area contributed by atoms with E-state index < -0.39 is 0 Å². The van der Waals surface area contributed by atoms with Gasteiger partial charge in [0.2, 0.25) is 5.91 Å². The largest absolute Gasteiger partial charge is 0.353 e. The van der Waals surface area contributed by atoms with E-state index in [1.807, 2.05) is 6.92 Å². The maximum absolute atomic E-state index is 13.7. The predicted octanol–water partition coefficient (Wildman–Crippen LogP) is 2.58. The summed E-state index contributed by atoms with van der Waals surface area (Å²) in [6.07, 6.45) is 2.25. The molecule has 0 radical (unpaired) electrons. The average Bonchev–Trinajstić information content (AvgIpc) is 2.38. The van der Waals surface area contributed by atoms with Crippen molar-refractivity contribution in [1.29, 1.82) is 0 Å². The van der Waals surface area contributed by atoms with Crippen LogP contribution in [0.3, 0.4) is 0 Å². The number of piperidine rings is 1. The van der Waals surface area contributed by atoms with E-state index in [1.54, 1.807) is 18.2 Å². The van der Waals surface area contributed by atoms with Gasteiger partial charge in [-0.25, -0.2) is 4.39 Å². The monoisotopic (exact) mass is 278 g/mol. The minimum absolute atomic E-state index is 0.0138. The van der Waals surface area contributed by atoms with E-state index in [0.717, 1.165) is 19.4 Å². The molecule has 0 aliphatic carbocycles. The first-order valence-electron chi connectivity index (χ1n) is 7.33. The van der Waals surface area contributed by atoms with Gasteiger partial charge in [0.25, 0.3) is 0 Å². The van der Waals surface area contributed by atoms with Gasteiger partial charge in [-0.2, -0.15) is 0 Å². The normalized spacial score (nSPS) is 24.1. The summed E-state index contributed by atoms with van der Waals surface area (Å²) in [6.45, 7) is 4.96. The highest BCUT2D eigenvalue weighted by molar-refractivity contribution is 5.77. The fraction of sp³-hybridized carbons (Fsp3) is 0.562. The van der Waals surface area contributed by atoms with Crippen LogP contribution in [0, 0.1) is 5.82 Å². The van der Waals surface area contributed by atoms with Gasteiger partial charge in [0, 0.05) is 18.5 Å². The van der Waals surface area contributed by atoms with Crippen LogP contribution in [0.4, 0.5) is 4.39 Å². The lowest BCUT2D eigenvalue weighted by Crippen LogP contribution is -2.46. The summed E-state index contributed by atoms with van der Waals surface area (Å²) in [4.78, 5) is 12.1. The summed E-state index contributed by atoms with van der Waals surface area (Å²) in [6, 6.07) is 7.35. The number of carbonyl (C=O) groups excluding carboxylic acids is 1. The summed E-state index contributed by atoms with van der Waals surface area (Å²) in [5, 5.41) is 6.43. The number of halogens is 1. The second-order valence-corrected chi connectivity index (χ2v) is 5.77. The first kappa shape index (κ1) is 15.0. The highest BCUT2D eigenvalue weighted by atomic mass is 19.1. The second-order valence-electron chi connectivity index (χ2n) is 5.77. The molecular weight excluding hydrogens is 255 g/mol. The lowest BCUT2D eigenvalue weighted by Gasteiger charge is -2.29. The Labute approximate surface area is 120 Å². The Morgan fingerprint density at radius 3 is 2.95 bits per heavy atom. The van der Waals surface area contributed by atoms with Gasteiger partial charge in [0.15, 0.2) is 0 Å². The van der Waals surface area contributed by atoms with Gasteiger partial charge in [-0.1, -0.05) is 25.1 Å². The van der Waals surface area contributed by atoms with E-state index in [9.17, 15) is 9.18 Å². The van der Waals surface area contributed by atoms with E-state index in [1.165, 1.54) is 6.07 Å². The van der Waals surface area contributed by atoms with Crippen molar-refractivity contribution in [2.75, 3.05) is 6.54 Å². The third-order valence-electron chi connectivity index (χ3n) is 3.92. The van der Waals surface area contributed by atoms with Gasteiger partial charge < -0.3 is 10.6 Å². The molecule has 1 heterocycles. The van der Waals surface area contributed by atoms with Crippen molar-refractivity contribution < 1.29 is 9.18 Å². The summed E-state index contributed by atoms with van der Waals surface area (Å²) < 4.78 is 13.7. The zero-order valence-electron chi connectivity index (χ0n) is 12.2. The van der Waals surface area contributed by atoms with Crippen LogP contribution in [-0.4, -0.2) is 24.5 Å². The highest BCUT2D eigenvalue weighted by Crippen LogP contribution is 2.22. The Bertz CT molecular complexity index is 464. The highest BCUT2D eigenvalue weighted by Gasteiger charge is 2.21. The fourth-order valence-electron chi connectivity index (χ4n) is 2.81. The molecule has 2 N–H and O–H groups in total. The molecule has 1 aromatic rings. The molecule has 20 heavy (non-hydrogen) atoms. The van der Waals surface area contributed by atoms with Crippen molar-refractivity contribution in [3.63, 3.8) is 0 Å². The van der Waals surface area contributed by atoms with Crippen LogP contribution in [0.1, 0.15) is 44.6 Å². The Balaban J connectivity index is 1.86. The summed E-state index contributed by atoms with van der Waals surface area (Å²) in [5.74, 6) is -0.321. The summed E-state index contributed by atoms with van der Waals surface area (Å²) >= 11 is 0. The molecule has 110 valence electrons.